The maximum absolute atomic E-state index is 12.8. The van der Waals surface area contributed by atoms with E-state index < -0.39 is 16.7 Å². The average Bonchev–Trinajstić information content (AvgIpc) is 2.66. The highest BCUT2D eigenvalue weighted by molar-refractivity contribution is 6.33. The Kier molecular flexibility index (Phi) is 3.93. The average molecular weight is 380 g/mol. The third kappa shape index (κ3) is 2.65. The number of non-ortho nitro benzene ring substituents is 1. The highest BCUT2D eigenvalue weighted by Gasteiger charge is 2.34. The van der Waals surface area contributed by atoms with Crippen LogP contribution in [0, 0.1) is 10.1 Å². The minimum atomic E-state index is -0.651. The summed E-state index contributed by atoms with van der Waals surface area (Å²) in [6, 6.07) is 14.0. The highest BCUT2D eigenvalue weighted by Crippen LogP contribution is 2.35. The van der Waals surface area contributed by atoms with Crippen LogP contribution >= 0.6 is 11.6 Å². The lowest BCUT2D eigenvalue weighted by atomic mass is 9.94. The van der Waals surface area contributed by atoms with Gasteiger partial charge in [0, 0.05) is 22.0 Å². The molecule has 1 heterocycles. The van der Waals surface area contributed by atoms with E-state index in [4.69, 9.17) is 11.6 Å². The van der Waals surface area contributed by atoms with Crippen LogP contribution in [-0.2, 0) is 0 Å². The van der Waals surface area contributed by atoms with Gasteiger partial charge in [-0.05, 0) is 24.3 Å². The number of hydrogen-bond acceptors (Lipinski definition) is 5. The number of hydrogen-bond donors (Lipinski definition) is 0. The Labute approximate surface area is 157 Å². The Morgan fingerprint density at radius 1 is 0.963 bits per heavy atom. The van der Waals surface area contributed by atoms with E-state index in [1.165, 1.54) is 36.5 Å². The van der Waals surface area contributed by atoms with Crippen molar-refractivity contribution in [3.8, 4) is 0 Å². The summed E-state index contributed by atoms with van der Waals surface area (Å²) in [7, 11) is 0. The smallest absolute Gasteiger partial charge is 0.267 e. The van der Waals surface area contributed by atoms with Crippen molar-refractivity contribution in [2.24, 2.45) is 5.10 Å². The predicted octanol–water partition coefficient (Wildman–Crippen LogP) is 4.03. The largest absolute Gasteiger partial charge is 0.282 e. The number of nitrogens with zero attached hydrogens (tertiary/aromatic N) is 3. The molecule has 0 atom stereocenters. The molecule has 0 N–H and O–H groups in total. The fraction of sp³-hybridized carbons (Fsp3) is 0. The van der Waals surface area contributed by atoms with Crippen LogP contribution in [0.25, 0.3) is 10.8 Å². The minimum Gasteiger partial charge on any atom is -0.267 e. The molecule has 0 spiro atoms. The number of carbonyl (C=O) groups excluding carboxylic acids is 2. The molecular formula is C19H10ClN3O4. The standard InChI is InChI=1S/C19H10ClN3O4/c20-15-7-2-1-4-11(15)10-21-22-18(24)13-6-3-5-12-16(23(26)27)9-8-14(17(12)13)19(22)25/h1-10H/b21-10-. The van der Waals surface area contributed by atoms with E-state index >= 15 is 0 Å². The van der Waals surface area contributed by atoms with Gasteiger partial charge in [0.2, 0.25) is 0 Å². The van der Waals surface area contributed by atoms with Crippen molar-refractivity contribution in [3.05, 3.63) is 86.4 Å². The van der Waals surface area contributed by atoms with Crippen LogP contribution in [-0.4, -0.2) is 28.0 Å². The second-order valence-corrected chi connectivity index (χ2v) is 6.21. The number of rotatable bonds is 3. The van der Waals surface area contributed by atoms with Gasteiger partial charge in [0.15, 0.2) is 0 Å². The zero-order valence-electron chi connectivity index (χ0n) is 13.6. The lowest BCUT2D eigenvalue weighted by Crippen LogP contribution is -2.36. The van der Waals surface area contributed by atoms with Gasteiger partial charge in [-0.1, -0.05) is 35.9 Å². The molecule has 7 nitrogen and oxygen atoms in total. The molecule has 0 aliphatic carbocycles. The summed E-state index contributed by atoms with van der Waals surface area (Å²) in [5.41, 5.74) is 0.751. The Balaban J connectivity index is 1.85. The monoisotopic (exact) mass is 379 g/mol. The molecule has 0 saturated carbocycles. The molecule has 0 aromatic heterocycles. The van der Waals surface area contributed by atoms with Crippen molar-refractivity contribution in [1.82, 2.24) is 5.01 Å². The number of amides is 2. The number of hydrazone groups is 1. The number of benzene rings is 3. The lowest BCUT2D eigenvalue weighted by Gasteiger charge is -2.23. The zero-order chi connectivity index (χ0) is 19.1. The molecule has 0 unspecified atom stereocenters. The molecule has 0 fully saturated rings. The second-order valence-electron chi connectivity index (χ2n) is 5.81. The fourth-order valence-electron chi connectivity index (χ4n) is 3.03. The first-order valence-electron chi connectivity index (χ1n) is 7.86. The minimum absolute atomic E-state index is 0.163. The third-order valence-electron chi connectivity index (χ3n) is 4.28. The van der Waals surface area contributed by atoms with Crippen molar-refractivity contribution >= 4 is 46.1 Å². The number of imide groups is 1. The maximum Gasteiger partial charge on any atom is 0.282 e. The van der Waals surface area contributed by atoms with Crippen molar-refractivity contribution in [2.75, 3.05) is 0 Å². The molecule has 3 aromatic rings. The number of carbonyl (C=O) groups is 2. The molecule has 8 heteroatoms. The Morgan fingerprint density at radius 2 is 1.67 bits per heavy atom. The topological polar surface area (TPSA) is 92.9 Å². The van der Waals surface area contributed by atoms with Crippen LogP contribution in [0.1, 0.15) is 26.3 Å². The first-order chi connectivity index (χ1) is 13.0. The summed E-state index contributed by atoms with van der Waals surface area (Å²) >= 11 is 6.06. The van der Waals surface area contributed by atoms with Gasteiger partial charge in [-0.25, -0.2) is 0 Å². The highest BCUT2D eigenvalue weighted by atomic mass is 35.5. The van der Waals surface area contributed by atoms with E-state index in [1.54, 1.807) is 24.3 Å². The summed E-state index contributed by atoms with van der Waals surface area (Å²) in [6.45, 7) is 0. The normalized spacial score (nSPS) is 13.6. The number of nitro benzene ring substituents is 1. The van der Waals surface area contributed by atoms with Gasteiger partial charge < -0.3 is 0 Å². The number of halogens is 1. The fourth-order valence-corrected chi connectivity index (χ4v) is 3.22. The molecule has 0 bridgehead atoms. The van der Waals surface area contributed by atoms with E-state index in [0.29, 0.717) is 10.6 Å². The molecule has 3 aromatic carbocycles. The van der Waals surface area contributed by atoms with Crippen LogP contribution in [0.15, 0.2) is 59.7 Å². The molecule has 0 radical (unpaired) electrons. The molecule has 27 heavy (non-hydrogen) atoms. The van der Waals surface area contributed by atoms with E-state index in [9.17, 15) is 19.7 Å². The maximum atomic E-state index is 12.8. The van der Waals surface area contributed by atoms with Gasteiger partial charge in [0.1, 0.15) is 0 Å². The summed E-state index contributed by atoms with van der Waals surface area (Å²) < 4.78 is 0. The molecule has 132 valence electrons. The first-order valence-corrected chi connectivity index (χ1v) is 8.24. The van der Waals surface area contributed by atoms with Gasteiger partial charge in [-0.3, -0.25) is 19.7 Å². The Hall–Kier alpha value is -3.58. The second kappa shape index (κ2) is 6.30. The molecule has 1 aliphatic rings. The van der Waals surface area contributed by atoms with Crippen LogP contribution in [0.3, 0.4) is 0 Å². The summed E-state index contributed by atoms with van der Waals surface area (Å²) in [5.74, 6) is -1.30. The predicted molar refractivity (Wildman–Crippen MR) is 100 cm³/mol. The SMILES string of the molecule is O=C1c2cccc3c([N+](=O)[O-])ccc(c23)C(=O)N1/N=C\c1ccccc1Cl. The van der Waals surface area contributed by atoms with Crippen LogP contribution in [0.4, 0.5) is 5.69 Å². The summed E-state index contributed by atoms with van der Waals surface area (Å²) in [4.78, 5) is 36.3. The lowest BCUT2D eigenvalue weighted by molar-refractivity contribution is -0.383. The molecular weight excluding hydrogens is 370 g/mol. The van der Waals surface area contributed by atoms with Gasteiger partial charge in [0.05, 0.1) is 27.7 Å². The number of nitro groups is 1. The quantitative estimate of drug-likeness (QED) is 0.297. The van der Waals surface area contributed by atoms with E-state index in [2.05, 4.69) is 5.10 Å². The van der Waals surface area contributed by atoms with E-state index in [0.717, 1.165) is 5.01 Å². The van der Waals surface area contributed by atoms with Crippen molar-refractivity contribution in [3.63, 3.8) is 0 Å². The molecule has 4 rings (SSSR count). The van der Waals surface area contributed by atoms with Crippen LogP contribution in [0.5, 0.6) is 0 Å². The van der Waals surface area contributed by atoms with Gasteiger partial charge in [-0.2, -0.15) is 10.1 Å². The summed E-state index contributed by atoms with van der Waals surface area (Å²) in [6.07, 6.45) is 1.33. The molecule has 1 aliphatic heterocycles. The summed E-state index contributed by atoms with van der Waals surface area (Å²) in [5, 5.41) is 16.9. The Morgan fingerprint density at radius 3 is 2.37 bits per heavy atom. The molecule has 2 amide bonds. The van der Waals surface area contributed by atoms with Crippen molar-refractivity contribution in [2.45, 2.75) is 0 Å². The first kappa shape index (κ1) is 16.9. The van der Waals surface area contributed by atoms with Crippen molar-refractivity contribution in [1.29, 1.82) is 0 Å². The van der Waals surface area contributed by atoms with Gasteiger partial charge in [0.25, 0.3) is 17.5 Å². The van der Waals surface area contributed by atoms with Gasteiger partial charge in [-0.15, -0.1) is 0 Å². The van der Waals surface area contributed by atoms with E-state index in [-0.39, 0.29) is 27.6 Å². The molecule has 0 saturated heterocycles. The van der Waals surface area contributed by atoms with Crippen molar-refractivity contribution < 1.29 is 14.5 Å². The third-order valence-corrected chi connectivity index (χ3v) is 4.62. The Bertz CT molecular complexity index is 1150. The zero-order valence-corrected chi connectivity index (χ0v) is 14.4. The van der Waals surface area contributed by atoms with Crippen LogP contribution in [0.2, 0.25) is 5.02 Å². The van der Waals surface area contributed by atoms with Gasteiger partial charge >= 0.3 is 0 Å². The van der Waals surface area contributed by atoms with E-state index in [1.807, 2.05) is 0 Å². The van der Waals surface area contributed by atoms with Crippen LogP contribution < -0.4 is 0 Å².